The molecule has 1 aliphatic rings. The first-order valence-corrected chi connectivity index (χ1v) is 24.3. The minimum atomic E-state index is -1.13. The molecule has 1 N–H and O–H groups in total. The summed E-state index contributed by atoms with van der Waals surface area (Å²) in [5.74, 6) is 1.69. The van der Waals surface area contributed by atoms with Crippen LogP contribution in [0.3, 0.4) is 0 Å². The normalized spacial score (nSPS) is 17.2. The number of imidazole rings is 1. The van der Waals surface area contributed by atoms with E-state index in [-0.39, 0.29) is 12.5 Å². The SMILES string of the molecule is CCCCCCCCCCCCCCCCN(C(=O)c1ccccc1)c1ncnc2c1ncn2[C@@H]1O[C@H](COC(c2ccccc2)(c2ccc(OC)cc2)c2ccc(OC)cc2)C(O)C1OC. The minimum Gasteiger partial charge on any atom is -0.497 e. The third kappa shape index (κ3) is 11.9. The van der Waals surface area contributed by atoms with E-state index in [1.54, 1.807) is 37.1 Å². The molecule has 67 heavy (non-hydrogen) atoms. The Kier molecular flexibility index (Phi) is 18.3. The number of ether oxygens (including phenoxy) is 5. The Bertz CT molecular complexity index is 2330. The maximum atomic E-state index is 14.3. The molecule has 1 saturated heterocycles. The first-order valence-electron chi connectivity index (χ1n) is 24.3. The smallest absolute Gasteiger partial charge is 0.259 e. The number of aromatic nitrogens is 4. The van der Waals surface area contributed by atoms with Crippen LogP contribution >= 0.6 is 0 Å². The fourth-order valence-electron chi connectivity index (χ4n) is 9.34. The van der Waals surface area contributed by atoms with E-state index in [0.717, 1.165) is 36.0 Å². The lowest BCUT2D eigenvalue weighted by atomic mass is 9.80. The van der Waals surface area contributed by atoms with Crippen molar-refractivity contribution in [3.8, 4) is 11.5 Å². The molecule has 0 radical (unpaired) electrons. The molecule has 2 aromatic heterocycles. The topological polar surface area (TPSA) is 130 Å². The molecular formula is C55H69N5O7. The van der Waals surface area contributed by atoms with Gasteiger partial charge in [0.15, 0.2) is 23.2 Å². The van der Waals surface area contributed by atoms with E-state index >= 15 is 0 Å². The van der Waals surface area contributed by atoms with Gasteiger partial charge in [-0.15, -0.1) is 0 Å². The number of amides is 1. The van der Waals surface area contributed by atoms with Crippen molar-refractivity contribution in [3.63, 3.8) is 0 Å². The van der Waals surface area contributed by atoms with E-state index < -0.39 is 30.1 Å². The molecule has 12 nitrogen and oxygen atoms in total. The van der Waals surface area contributed by atoms with Gasteiger partial charge < -0.3 is 28.8 Å². The van der Waals surface area contributed by atoms with Gasteiger partial charge in [-0.3, -0.25) is 14.3 Å². The zero-order valence-corrected chi connectivity index (χ0v) is 39.8. The first-order chi connectivity index (χ1) is 32.9. The van der Waals surface area contributed by atoms with Crippen LogP contribution in [0.1, 0.15) is 130 Å². The number of hydrogen-bond acceptors (Lipinski definition) is 10. The summed E-state index contributed by atoms with van der Waals surface area (Å²) in [7, 11) is 4.82. The van der Waals surface area contributed by atoms with E-state index in [1.807, 2.05) is 109 Å². The average molecular weight is 912 g/mol. The molecule has 6 aromatic rings. The van der Waals surface area contributed by atoms with Gasteiger partial charge >= 0.3 is 0 Å². The summed E-state index contributed by atoms with van der Waals surface area (Å²) in [5, 5.41) is 12.0. The predicted molar refractivity (Wildman–Crippen MR) is 263 cm³/mol. The van der Waals surface area contributed by atoms with Crippen LogP contribution in [0.25, 0.3) is 11.2 Å². The summed E-state index contributed by atoms with van der Waals surface area (Å²) < 4.78 is 32.6. The van der Waals surface area contributed by atoms with Crippen molar-refractivity contribution in [2.75, 3.05) is 39.4 Å². The van der Waals surface area contributed by atoms with Crippen molar-refractivity contribution in [2.45, 2.75) is 127 Å². The number of anilines is 1. The predicted octanol–water partition coefficient (Wildman–Crippen LogP) is 11.3. The lowest BCUT2D eigenvalue weighted by molar-refractivity contribution is -0.0948. The number of carbonyl (C=O) groups is 1. The van der Waals surface area contributed by atoms with Gasteiger partial charge in [-0.25, -0.2) is 15.0 Å². The summed E-state index contributed by atoms with van der Waals surface area (Å²) in [6.45, 7) is 2.73. The van der Waals surface area contributed by atoms with Crippen molar-refractivity contribution in [1.82, 2.24) is 19.5 Å². The molecule has 0 aliphatic carbocycles. The molecule has 4 aromatic carbocycles. The number of aliphatic hydroxyl groups excluding tert-OH is 1. The highest BCUT2D eigenvalue weighted by atomic mass is 16.6. The van der Waals surface area contributed by atoms with Gasteiger partial charge in [0.1, 0.15) is 41.7 Å². The first kappa shape index (κ1) is 49.3. The number of carbonyl (C=O) groups excluding carboxylic acids is 1. The van der Waals surface area contributed by atoms with Gasteiger partial charge in [0.05, 0.1) is 27.2 Å². The number of nitrogens with zero attached hydrogens (tertiary/aromatic N) is 5. The van der Waals surface area contributed by atoms with Gasteiger partial charge in [0.2, 0.25) is 0 Å². The molecule has 1 aliphatic heterocycles. The number of unbranched alkanes of at least 4 members (excludes halogenated alkanes) is 13. The molecule has 0 spiro atoms. The highest BCUT2D eigenvalue weighted by molar-refractivity contribution is 6.08. The van der Waals surface area contributed by atoms with Crippen LogP contribution in [0, 0.1) is 0 Å². The molecule has 2 unspecified atom stereocenters. The maximum absolute atomic E-state index is 14.3. The Morgan fingerprint density at radius 2 is 1.19 bits per heavy atom. The highest BCUT2D eigenvalue weighted by Gasteiger charge is 2.48. The lowest BCUT2D eigenvalue weighted by Gasteiger charge is -2.37. The van der Waals surface area contributed by atoms with Crippen molar-refractivity contribution in [2.24, 2.45) is 0 Å². The van der Waals surface area contributed by atoms with E-state index in [2.05, 4.69) is 16.9 Å². The van der Waals surface area contributed by atoms with Gasteiger partial charge in [-0.1, -0.05) is 163 Å². The van der Waals surface area contributed by atoms with Crippen molar-refractivity contribution in [1.29, 1.82) is 0 Å². The van der Waals surface area contributed by atoms with Crippen LogP contribution in [0.4, 0.5) is 5.82 Å². The van der Waals surface area contributed by atoms with E-state index in [0.29, 0.717) is 40.6 Å². The Balaban J connectivity index is 1.08. The molecule has 12 heteroatoms. The number of fused-ring (bicyclic) bond motifs is 1. The third-order valence-corrected chi connectivity index (χ3v) is 13.1. The molecule has 0 saturated carbocycles. The number of aliphatic hydroxyl groups is 1. The molecule has 7 rings (SSSR count). The lowest BCUT2D eigenvalue weighted by Crippen LogP contribution is -2.40. The standard InChI is InChI=1S/C55H69N5O7/c1-5-6-7-8-9-10-11-12-13-14-15-16-17-24-37-59(53(62)41-25-20-18-21-26-41)51-48-52(57-39-56-51)60(40-58-48)54-50(65-4)49(61)47(67-54)38-66-55(42-27-22-19-23-28-42,43-29-33-45(63-2)34-30-43)44-31-35-46(64-3)36-32-44/h18-23,25-36,39-40,47,49-50,54,61H,5-17,24,37-38H2,1-4H3/t47-,49?,50?,54-/m1/s1. The van der Waals surface area contributed by atoms with Crippen molar-refractivity contribution >= 4 is 22.9 Å². The summed E-state index contributed by atoms with van der Waals surface area (Å²) in [6, 6.07) is 34.9. The summed E-state index contributed by atoms with van der Waals surface area (Å²) >= 11 is 0. The van der Waals surface area contributed by atoms with Gasteiger partial charge in [-0.05, 0) is 59.5 Å². The van der Waals surface area contributed by atoms with Gasteiger partial charge in [0, 0.05) is 19.2 Å². The molecule has 1 fully saturated rings. The zero-order valence-electron chi connectivity index (χ0n) is 39.8. The Labute approximate surface area is 396 Å². The molecule has 356 valence electrons. The van der Waals surface area contributed by atoms with Gasteiger partial charge in [0.25, 0.3) is 5.91 Å². The zero-order chi connectivity index (χ0) is 46.9. The minimum absolute atomic E-state index is 0.0180. The van der Waals surface area contributed by atoms with Crippen LogP contribution in [0.5, 0.6) is 11.5 Å². The summed E-state index contributed by atoms with van der Waals surface area (Å²) in [6.07, 6.45) is 17.0. The largest absolute Gasteiger partial charge is 0.497 e. The van der Waals surface area contributed by atoms with Crippen molar-refractivity contribution < 1.29 is 33.6 Å². The third-order valence-electron chi connectivity index (χ3n) is 13.1. The van der Waals surface area contributed by atoms with E-state index in [9.17, 15) is 9.90 Å². The Morgan fingerprint density at radius 3 is 1.73 bits per heavy atom. The number of benzene rings is 4. The van der Waals surface area contributed by atoms with E-state index in [4.69, 9.17) is 28.7 Å². The quantitative estimate of drug-likeness (QED) is 0.0394. The Morgan fingerprint density at radius 1 is 0.672 bits per heavy atom. The second-order valence-corrected chi connectivity index (χ2v) is 17.5. The van der Waals surface area contributed by atoms with Crippen LogP contribution in [0.2, 0.25) is 0 Å². The van der Waals surface area contributed by atoms with Crippen LogP contribution in [-0.4, -0.2) is 83.3 Å². The molecule has 1 amide bonds. The number of methoxy groups -OCH3 is 3. The second-order valence-electron chi connectivity index (χ2n) is 17.5. The molecular weight excluding hydrogens is 843 g/mol. The average Bonchev–Trinajstić information content (AvgIpc) is 3.96. The fraction of sp³-hybridized carbons (Fsp3) is 0.455. The van der Waals surface area contributed by atoms with Crippen LogP contribution in [0.15, 0.2) is 122 Å². The summed E-state index contributed by atoms with van der Waals surface area (Å²) in [5.41, 5.74) is 2.93. The van der Waals surface area contributed by atoms with E-state index in [1.165, 1.54) is 77.0 Å². The number of hydrogen-bond donors (Lipinski definition) is 1. The fourth-order valence-corrected chi connectivity index (χ4v) is 9.34. The summed E-state index contributed by atoms with van der Waals surface area (Å²) in [4.78, 5) is 30.1. The van der Waals surface area contributed by atoms with Crippen molar-refractivity contribution in [3.05, 3.63) is 144 Å². The van der Waals surface area contributed by atoms with Gasteiger partial charge in [-0.2, -0.15) is 0 Å². The monoisotopic (exact) mass is 912 g/mol. The molecule has 3 heterocycles. The van der Waals surface area contributed by atoms with Crippen LogP contribution in [-0.2, 0) is 19.8 Å². The van der Waals surface area contributed by atoms with Crippen LogP contribution < -0.4 is 14.4 Å². The highest BCUT2D eigenvalue weighted by Crippen LogP contribution is 2.43. The maximum Gasteiger partial charge on any atom is 0.259 e. The number of rotatable bonds is 27. The molecule has 4 atom stereocenters. The second kappa shape index (κ2) is 24.9. The Hall–Kier alpha value is -5.66. The molecule has 0 bridgehead atoms.